The van der Waals surface area contributed by atoms with E-state index in [1.807, 2.05) is 24.3 Å². The number of amides is 1. The first-order chi connectivity index (χ1) is 8.79. The van der Waals surface area contributed by atoms with Gasteiger partial charge in [-0.1, -0.05) is 0 Å². The predicted molar refractivity (Wildman–Crippen MR) is 74.0 cm³/mol. The molecule has 18 heavy (non-hydrogen) atoms. The molecule has 0 spiro atoms. The van der Waals surface area contributed by atoms with Crippen molar-refractivity contribution in [3.63, 3.8) is 0 Å². The third kappa shape index (κ3) is 3.47. The van der Waals surface area contributed by atoms with Crippen LogP contribution in [0.2, 0.25) is 0 Å². The topological polar surface area (TPSA) is 53.2 Å². The summed E-state index contributed by atoms with van der Waals surface area (Å²) in [5, 5.41) is 9.56. The van der Waals surface area contributed by atoms with E-state index in [2.05, 4.69) is 16.0 Å². The lowest BCUT2D eigenvalue weighted by Crippen LogP contribution is -2.21. The van der Waals surface area contributed by atoms with Gasteiger partial charge in [-0.15, -0.1) is 0 Å². The second-order valence-electron chi connectivity index (χ2n) is 4.68. The lowest BCUT2D eigenvalue weighted by Gasteiger charge is -2.17. The molecule has 98 valence electrons. The molecule has 2 rings (SSSR count). The van der Waals surface area contributed by atoms with Gasteiger partial charge in [-0.25, -0.2) is 0 Å². The van der Waals surface area contributed by atoms with Crippen molar-refractivity contribution in [1.29, 1.82) is 0 Å². The minimum atomic E-state index is -0.0415. The zero-order chi connectivity index (χ0) is 12.8. The van der Waals surface area contributed by atoms with Crippen LogP contribution < -0.4 is 16.0 Å². The molecule has 1 aliphatic rings. The highest BCUT2D eigenvalue weighted by Gasteiger charge is 2.11. The van der Waals surface area contributed by atoms with Crippen molar-refractivity contribution < 1.29 is 4.79 Å². The fourth-order valence-electron chi connectivity index (χ4n) is 2.26. The molecule has 0 bridgehead atoms. The van der Waals surface area contributed by atoms with E-state index in [0.717, 1.165) is 25.2 Å². The maximum atomic E-state index is 11.4. The van der Waals surface area contributed by atoms with Crippen LogP contribution in [-0.4, -0.2) is 32.1 Å². The van der Waals surface area contributed by atoms with Gasteiger partial charge in [0.25, 0.3) is 5.91 Å². The van der Waals surface area contributed by atoms with Gasteiger partial charge in [0, 0.05) is 24.3 Å². The van der Waals surface area contributed by atoms with Crippen molar-refractivity contribution in [3.05, 3.63) is 29.8 Å². The van der Waals surface area contributed by atoms with Crippen LogP contribution in [0.1, 0.15) is 29.6 Å². The number of rotatable bonds is 3. The van der Waals surface area contributed by atoms with Gasteiger partial charge in [-0.2, -0.15) is 0 Å². The van der Waals surface area contributed by atoms with Gasteiger partial charge in [-0.05, 0) is 56.6 Å². The number of carbonyl (C=O) groups excluding carboxylic acids is 1. The molecule has 1 aliphatic heterocycles. The molecule has 0 aromatic heterocycles. The Hall–Kier alpha value is -1.55. The van der Waals surface area contributed by atoms with E-state index in [1.165, 1.54) is 12.8 Å². The Bertz CT molecular complexity index is 381. The molecule has 0 radical (unpaired) electrons. The van der Waals surface area contributed by atoms with Crippen LogP contribution in [0, 0.1) is 0 Å². The van der Waals surface area contributed by atoms with Gasteiger partial charge in [-0.3, -0.25) is 4.79 Å². The summed E-state index contributed by atoms with van der Waals surface area (Å²) in [6.07, 6.45) is 3.56. The third-order valence-electron chi connectivity index (χ3n) is 3.32. The highest BCUT2D eigenvalue weighted by Crippen LogP contribution is 2.15. The highest BCUT2D eigenvalue weighted by atomic mass is 16.1. The maximum absolute atomic E-state index is 11.4. The molecule has 1 amide bonds. The van der Waals surface area contributed by atoms with Crippen LogP contribution in [0.4, 0.5) is 5.69 Å². The second-order valence-corrected chi connectivity index (χ2v) is 4.68. The molecule has 4 heteroatoms. The second kappa shape index (κ2) is 6.40. The zero-order valence-corrected chi connectivity index (χ0v) is 10.8. The molecule has 0 aliphatic carbocycles. The normalized spacial score (nSPS) is 19.9. The van der Waals surface area contributed by atoms with E-state index < -0.39 is 0 Å². The average Bonchev–Trinajstić information content (AvgIpc) is 2.67. The van der Waals surface area contributed by atoms with Gasteiger partial charge in [0.05, 0.1) is 0 Å². The van der Waals surface area contributed by atoms with Gasteiger partial charge >= 0.3 is 0 Å². The summed E-state index contributed by atoms with van der Waals surface area (Å²) in [5.41, 5.74) is 1.79. The SMILES string of the molecule is CNC(=O)c1ccc(NC2CCCNCC2)cc1. The van der Waals surface area contributed by atoms with Crippen molar-refractivity contribution in [2.24, 2.45) is 0 Å². The summed E-state index contributed by atoms with van der Waals surface area (Å²) in [6, 6.07) is 8.20. The first kappa shape index (κ1) is 12.9. The number of nitrogens with one attached hydrogen (secondary N) is 3. The summed E-state index contributed by atoms with van der Waals surface area (Å²) in [5.74, 6) is -0.0415. The van der Waals surface area contributed by atoms with Crippen molar-refractivity contribution in [2.45, 2.75) is 25.3 Å². The molecule has 1 saturated heterocycles. The Balaban J connectivity index is 1.94. The fraction of sp³-hybridized carbons (Fsp3) is 0.500. The van der Waals surface area contributed by atoms with Crippen molar-refractivity contribution in [3.8, 4) is 0 Å². The van der Waals surface area contributed by atoms with E-state index in [0.29, 0.717) is 11.6 Å². The van der Waals surface area contributed by atoms with Crippen molar-refractivity contribution in [2.75, 3.05) is 25.5 Å². The van der Waals surface area contributed by atoms with Crippen LogP contribution in [0.25, 0.3) is 0 Å². The first-order valence-electron chi connectivity index (χ1n) is 6.59. The zero-order valence-electron chi connectivity index (χ0n) is 10.8. The highest BCUT2D eigenvalue weighted by molar-refractivity contribution is 5.94. The summed E-state index contributed by atoms with van der Waals surface area (Å²) >= 11 is 0. The number of hydrogen-bond acceptors (Lipinski definition) is 3. The minimum Gasteiger partial charge on any atom is -0.382 e. The Labute approximate surface area is 108 Å². The quantitative estimate of drug-likeness (QED) is 0.760. The first-order valence-corrected chi connectivity index (χ1v) is 6.59. The Morgan fingerprint density at radius 3 is 2.72 bits per heavy atom. The minimum absolute atomic E-state index is 0.0415. The molecule has 1 unspecified atom stereocenters. The third-order valence-corrected chi connectivity index (χ3v) is 3.32. The molecule has 4 nitrogen and oxygen atoms in total. The molecule has 1 heterocycles. The number of anilines is 1. The summed E-state index contributed by atoms with van der Waals surface area (Å²) in [7, 11) is 1.65. The molecule has 0 saturated carbocycles. The van der Waals surface area contributed by atoms with Crippen LogP contribution >= 0.6 is 0 Å². The molecule has 1 aromatic carbocycles. The molecule has 1 fully saturated rings. The predicted octanol–water partition coefficient (Wildman–Crippen LogP) is 1.60. The van der Waals surface area contributed by atoms with E-state index >= 15 is 0 Å². The van der Waals surface area contributed by atoms with Gasteiger partial charge in [0.2, 0.25) is 0 Å². The van der Waals surface area contributed by atoms with Crippen molar-refractivity contribution in [1.82, 2.24) is 10.6 Å². The summed E-state index contributed by atoms with van der Waals surface area (Å²) in [4.78, 5) is 11.4. The van der Waals surface area contributed by atoms with E-state index in [4.69, 9.17) is 0 Å². The summed E-state index contributed by atoms with van der Waals surface area (Å²) < 4.78 is 0. The van der Waals surface area contributed by atoms with E-state index in [-0.39, 0.29) is 5.91 Å². The lowest BCUT2D eigenvalue weighted by molar-refractivity contribution is 0.0963. The van der Waals surface area contributed by atoms with Crippen LogP contribution in [-0.2, 0) is 0 Å². The molecule has 1 aromatic rings. The van der Waals surface area contributed by atoms with Crippen molar-refractivity contribution >= 4 is 11.6 Å². The Morgan fingerprint density at radius 2 is 2.00 bits per heavy atom. The van der Waals surface area contributed by atoms with Gasteiger partial charge in [0.1, 0.15) is 0 Å². The standard InChI is InChI=1S/C14H21N3O/c1-15-14(18)11-4-6-13(7-5-11)17-12-3-2-9-16-10-8-12/h4-7,12,16-17H,2-3,8-10H2,1H3,(H,15,18). The van der Waals surface area contributed by atoms with E-state index in [1.54, 1.807) is 7.05 Å². The fourth-order valence-corrected chi connectivity index (χ4v) is 2.26. The number of hydrogen-bond donors (Lipinski definition) is 3. The molecular formula is C14H21N3O. The largest absolute Gasteiger partial charge is 0.382 e. The monoisotopic (exact) mass is 247 g/mol. The van der Waals surface area contributed by atoms with Gasteiger partial charge < -0.3 is 16.0 Å². The molecule has 1 atom stereocenters. The number of carbonyl (C=O) groups is 1. The summed E-state index contributed by atoms with van der Waals surface area (Å²) in [6.45, 7) is 2.20. The Kier molecular flexibility index (Phi) is 4.59. The molecular weight excluding hydrogens is 226 g/mol. The van der Waals surface area contributed by atoms with E-state index in [9.17, 15) is 4.79 Å². The number of benzene rings is 1. The lowest BCUT2D eigenvalue weighted by atomic mass is 10.1. The van der Waals surface area contributed by atoms with Gasteiger partial charge in [0.15, 0.2) is 0 Å². The molecule has 3 N–H and O–H groups in total. The van der Waals surface area contributed by atoms with Crippen LogP contribution in [0.5, 0.6) is 0 Å². The maximum Gasteiger partial charge on any atom is 0.251 e. The van der Waals surface area contributed by atoms with Crippen LogP contribution in [0.3, 0.4) is 0 Å². The Morgan fingerprint density at radius 1 is 1.22 bits per heavy atom. The average molecular weight is 247 g/mol. The smallest absolute Gasteiger partial charge is 0.251 e. The van der Waals surface area contributed by atoms with Crippen LogP contribution in [0.15, 0.2) is 24.3 Å².